The monoisotopic (exact) mass is 436 g/mol. The predicted molar refractivity (Wildman–Crippen MR) is 127 cm³/mol. The van der Waals surface area contributed by atoms with E-state index in [1.54, 1.807) is 0 Å². The average Bonchev–Trinajstić information content (AvgIpc) is 3.41. The van der Waals surface area contributed by atoms with Gasteiger partial charge in [-0.05, 0) is 80.8 Å². The van der Waals surface area contributed by atoms with Gasteiger partial charge in [-0.25, -0.2) is 9.37 Å². The lowest BCUT2D eigenvalue weighted by Crippen LogP contribution is -2.44. The number of anilines is 1. The molecule has 5 nitrogen and oxygen atoms in total. The second-order valence-electron chi connectivity index (χ2n) is 9.43. The molecule has 0 unspecified atom stereocenters. The van der Waals surface area contributed by atoms with Crippen LogP contribution in [0.4, 0.5) is 10.3 Å². The number of nitrogens with one attached hydrogen (secondary N) is 1. The van der Waals surface area contributed by atoms with Gasteiger partial charge in [0.1, 0.15) is 17.1 Å². The lowest BCUT2D eigenvalue weighted by Gasteiger charge is -2.29. The van der Waals surface area contributed by atoms with E-state index in [1.165, 1.54) is 18.4 Å². The highest BCUT2D eigenvalue weighted by Crippen LogP contribution is 2.35. The summed E-state index contributed by atoms with van der Waals surface area (Å²) in [7, 11) is 0. The van der Waals surface area contributed by atoms with Crippen molar-refractivity contribution in [1.82, 2.24) is 14.9 Å². The first-order valence-electron chi connectivity index (χ1n) is 11.9. The lowest BCUT2D eigenvalue weighted by atomic mass is 10.1. The van der Waals surface area contributed by atoms with E-state index in [-0.39, 0.29) is 11.9 Å². The minimum absolute atomic E-state index is 0.116. The van der Waals surface area contributed by atoms with Crippen molar-refractivity contribution < 1.29 is 9.13 Å². The summed E-state index contributed by atoms with van der Waals surface area (Å²) in [6, 6.07) is 8.26. The summed E-state index contributed by atoms with van der Waals surface area (Å²) in [6.45, 7) is 10.2. The summed E-state index contributed by atoms with van der Waals surface area (Å²) in [5.74, 6) is 1.76. The number of hydrogen-bond acceptors (Lipinski definition) is 4. The molecule has 6 heteroatoms. The zero-order chi connectivity index (χ0) is 22.2. The van der Waals surface area contributed by atoms with Crippen molar-refractivity contribution in [1.29, 1.82) is 0 Å². The van der Waals surface area contributed by atoms with Crippen LogP contribution >= 0.6 is 0 Å². The minimum Gasteiger partial charge on any atom is -0.488 e. The van der Waals surface area contributed by atoms with Gasteiger partial charge in [-0.2, -0.15) is 0 Å². The van der Waals surface area contributed by atoms with Crippen LogP contribution in [0.3, 0.4) is 0 Å². The number of halogens is 1. The highest BCUT2D eigenvalue weighted by atomic mass is 19.1. The molecule has 1 saturated carbocycles. The van der Waals surface area contributed by atoms with Gasteiger partial charge in [-0.1, -0.05) is 12.1 Å². The average molecular weight is 437 g/mol. The predicted octanol–water partition coefficient (Wildman–Crippen LogP) is 4.88. The summed E-state index contributed by atoms with van der Waals surface area (Å²) in [5.41, 5.74) is 5.67. The molecule has 1 saturated heterocycles. The van der Waals surface area contributed by atoms with Gasteiger partial charge in [-0.15, -0.1) is 0 Å². The maximum absolute atomic E-state index is 14.3. The summed E-state index contributed by atoms with van der Waals surface area (Å²) in [6.07, 6.45) is 5.01. The molecule has 1 aliphatic heterocycles. The standard InChI is InChI=1S/C26H33FN4O/c1-17-12-22-25(23(13-17)32-21-6-4-5-7-21)29-26(30-10-8-28-9-11-30)31(22)16-20-14-18(2)24(27)19(3)15-20/h12-15,21,28H,4-11,16H2,1-3H3. The SMILES string of the molecule is Cc1cc(OC2CCCC2)c2nc(N3CCNCC3)n(Cc3cc(C)c(F)c(C)c3)c2c1. The summed E-state index contributed by atoms with van der Waals surface area (Å²) in [4.78, 5) is 7.50. The van der Waals surface area contributed by atoms with E-state index in [0.29, 0.717) is 17.7 Å². The Morgan fingerprint density at radius 2 is 1.72 bits per heavy atom. The maximum Gasteiger partial charge on any atom is 0.207 e. The van der Waals surface area contributed by atoms with Crippen LogP contribution in [0.25, 0.3) is 11.0 Å². The van der Waals surface area contributed by atoms with Gasteiger partial charge in [0.05, 0.1) is 18.2 Å². The van der Waals surface area contributed by atoms with Crippen molar-refractivity contribution in [2.75, 3.05) is 31.1 Å². The smallest absolute Gasteiger partial charge is 0.207 e. The van der Waals surface area contributed by atoms with Crippen molar-refractivity contribution in [2.24, 2.45) is 0 Å². The number of hydrogen-bond donors (Lipinski definition) is 1. The maximum atomic E-state index is 14.3. The molecule has 2 fully saturated rings. The molecular formula is C26H33FN4O. The molecule has 170 valence electrons. The molecule has 2 aromatic carbocycles. The van der Waals surface area contributed by atoms with Crippen molar-refractivity contribution in [3.05, 3.63) is 52.3 Å². The second-order valence-corrected chi connectivity index (χ2v) is 9.43. The Morgan fingerprint density at radius 3 is 2.41 bits per heavy atom. The zero-order valence-electron chi connectivity index (χ0n) is 19.4. The summed E-state index contributed by atoms with van der Waals surface area (Å²) >= 11 is 0. The Bertz CT molecular complexity index is 1100. The third-order valence-corrected chi connectivity index (χ3v) is 6.78. The van der Waals surface area contributed by atoms with Crippen LogP contribution in [0.2, 0.25) is 0 Å². The van der Waals surface area contributed by atoms with E-state index in [0.717, 1.165) is 67.3 Å². The quantitative estimate of drug-likeness (QED) is 0.619. The Morgan fingerprint density at radius 1 is 1.03 bits per heavy atom. The molecule has 0 amide bonds. The number of nitrogens with zero attached hydrogens (tertiary/aromatic N) is 3. The van der Waals surface area contributed by atoms with Crippen LogP contribution in [0.15, 0.2) is 24.3 Å². The van der Waals surface area contributed by atoms with Crippen molar-refractivity contribution in [3.8, 4) is 5.75 Å². The van der Waals surface area contributed by atoms with Gasteiger partial charge in [-0.3, -0.25) is 0 Å². The number of ether oxygens (including phenoxy) is 1. The molecule has 5 rings (SSSR count). The number of piperazine rings is 1. The summed E-state index contributed by atoms with van der Waals surface area (Å²) < 4.78 is 23.0. The molecule has 1 aromatic heterocycles. The van der Waals surface area contributed by atoms with Crippen molar-refractivity contribution in [2.45, 2.75) is 59.1 Å². The van der Waals surface area contributed by atoms with Gasteiger partial charge < -0.3 is 19.5 Å². The molecule has 0 spiro atoms. The van der Waals surface area contributed by atoms with Crippen molar-refractivity contribution >= 4 is 17.0 Å². The third-order valence-electron chi connectivity index (χ3n) is 6.78. The number of rotatable bonds is 5. The lowest BCUT2D eigenvalue weighted by molar-refractivity contribution is 0.212. The second kappa shape index (κ2) is 8.74. The van der Waals surface area contributed by atoms with Crippen LogP contribution in [0.1, 0.15) is 47.9 Å². The first-order chi connectivity index (χ1) is 15.5. The summed E-state index contributed by atoms with van der Waals surface area (Å²) in [5, 5.41) is 3.43. The molecule has 3 aromatic rings. The highest BCUT2D eigenvalue weighted by Gasteiger charge is 2.24. The largest absolute Gasteiger partial charge is 0.488 e. The van der Waals surface area contributed by atoms with Gasteiger partial charge in [0.25, 0.3) is 0 Å². The van der Waals surface area contributed by atoms with E-state index in [2.05, 4.69) is 33.8 Å². The Balaban J connectivity index is 1.62. The molecule has 0 bridgehead atoms. The van der Waals surface area contributed by atoms with Gasteiger partial charge in [0, 0.05) is 26.2 Å². The van der Waals surface area contributed by atoms with Crippen LogP contribution in [-0.2, 0) is 6.54 Å². The molecule has 2 aliphatic rings. The molecule has 2 heterocycles. The number of fused-ring (bicyclic) bond motifs is 1. The molecule has 0 atom stereocenters. The number of benzene rings is 2. The fraction of sp³-hybridized carbons (Fsp3) is 0.500. The first kappa shape index (κ1) is 21.3. The Labute approximate surface area is 189 Å². The number of aromatic nitrogens is 2. The van der Waals surface area contributed by atoms with Crippen molar-refractivity contribution in [3.63, 3.8) is 0 Å². The van der Waals surface area contributed by atoms with Gasteiger partial charge in [0.2, 0.25) is 5.95 Å². The van der Waals surface area contributed by atoms with Crippen LogP contribution < -0.4 is 15.0 Å². The number of imidazole rings is 1. The minimum atomic E-state index is -0.116. The molecule has 1 N–H and O–H groups in total. The molecule has 32 heavy (non-hydrogen) atoms. The van der Waals surface area contributed by atoms with E-state index in [1.807, 2.05) is 26.0 Å². The topological polar surface area (TPSA) is 42.3 Å². The fourth-order valence-corrected chi connectivity index (χ4v) is 5.16. The third kappa shape index (κ3) is 4.08. The van der Waals surface area contributed by atoms with Gasteiger partial charge in [0.15, 0.2) is 0 Å². The van der Waals surface area contributed by atoms with Crippen LogP contribution in [-0.4, -0.2) is 41.8 Å². The van der Waals surface area contributed by atoms with E-state index < -0.39 is 0 Å². The molecular weight excluding hydrogens is 403 g/mol. The fourth-order valence-electron chi connectivity index (χ4n) is 5.16. The first-order valence-corrected chi connectivity index (χ1v) is 11.9. The van der Waals surface area contributed by atoms with Gasteiger partial charge >= 0.3 is 0 Å². The van der Waals surface area contributed by atoms with E-state index in [4.69, 9.17) is 9.72 Å². The Hall–Kier alpha value is -2.60. The zero-order valence-corrected chi connectivity index (χ0v) is 19.4. The van der Waals surface area contributed by atoms with E-state index >= 15 is 0 Å². The molecule has 1 aliphatic carbocycles. The van der Waals surface area contributed by atoms with Crippen LogP contribution in [0, 0.1) is 26.6 Å². The molecule has 0 radical (unpaired) electrons. The number of aryl methyl sites for hydroxylation is 3. The van der Waals surface area contributed by atoms with Crippen LogP contribution in [0.5, 0.6) is 5.75 Å². The normalized spacial score (nSPS) is 17.4. The Kier molecular flexibility index (Phi) is 5.80. The van der Waals surface area contributed by atoms with E-state index in [9.17, 15) is 4.39 Å². The highest BCUT2D eigenvalue weighted by molar-refractivity contribution is 5.86.